The largest absolute Gasteiger partial charge is 0.489 e. The van der Waals surface area contributed by atoms with Gasteiger partial charge in [0.15, 0.2) is 0 Å². The van der Waals surface area contributed by atoms with Gasteiger partial charge in [-0.05, 0) is 19.1 Å². The Bertz CT molecular complexity index is 276. The Morgan fingerprint density at radius 1 is 1.36 bits per heavy atom. The fraction of sp³-hybridized carbons (Fsp3) is 0.455. The highest BCUT2D eigenvalue weighted by atomic mass is 35.5. The molecule has 0 saturated heterocycles. The average molecular weight is 215 g/mol. The van der Waals surface area contributed by atoms with Gasteiger partial charge in [-0.3, -0.25) is 0 Å². The van der Waals surface area contributed by atoms with E-state index in [2.05, 4.69) is 0 Å². The van der Waals surface area contributed by atoms with E-state index in [1.165, 1.54) is 0 Å². The number of para-hydroxylation sites is 1. The molecule has 0 aromatic heterocycles. The second kappa shape index (κ2) is 5.89. The Kier molecular flexibility index (Phi) is 4.77. The Morgan fingerprint density at radius 2 is 2.07 bits per heavy atom. The third kappa shape index (κ3) is 3.56. The van der Waals surface area contributed by atoms with Gasteiger partial charge in [0, 0.05) is 20.1 Å². The van der Waals surface area contributed by atoms with Crippen LogP contribution in [0.4, 0.5) is 0 Å². The van der Waals surface area contributed by atoms with Crippen LogP contribution in [0.5, 0.6) is 5.75 Å². The lowest BCUT2D eigenvalue weighted by atomic mass is 10.3. The van der Waals surface area contributed by atoms with E-state index in [4.69, 9.17) is 21.1 Å². The zero-order valence-electron chi connectivity index (χ0n) is 8.50. The van der Waals surface area contributed by atoms with Crippen molar-refractivity contribution in [2.24, 2.45) is 0 Å². The van der Waals surface area contributed by atoms with Crippen molar-refractivity contribution in [1.82, 2.24) is 0 Å². The molecule has 0 bridgehead atoms. The zero-order valence-corrected chi connectivity index (χ0v) is 9.25. The summed E-state index contributed by atoms with van der Waals surface area (Å²) >= 11 is 5.95. The van der Waals surface area contributed by atoms with E-state index in [1.54, 1.807) is 7.11 Å². The highest BCUT2D eigenvalue weighted by Gasteiger charge is 2.05. The van der Waals surface area contributed by atoms with Crippen molar-refractivity contribution >= 4 is 11.6 Å². The maximum Gasteiger partial charge on any atom is 0.138 e. The van der Waals surface area contributed by atoms with Crippen molar-refractivity contribution in [3.8, 4) is 5.75 Å². The van der Waals surface area contributed by atoms with Crippen molar-refractivity contribution in [1.29, 1.82) is 0 Å². The molecular formula is C11H15ClO2. The van der Waals surface area contributed by atoms with Crippen molar-refractivity contribution < 1.29 is 9.47 Å². The zero-order chi connectivity index (χ0) is 10.4. The second-order valence-electron chi connectivity index (χ2n) is 3.14. The highest BCUT2D eigenvalue weighted by Crippen LogP contribution is 2.24. The lowest BCUT2D eigenvalue weighted by Crippen LogP contribution is -2.14. The third-order valence-electron chi connectivity index (χ3n) is 1.89. The van der Waals surface area contributed by atoms with Gasteiger partial charge < -0.3 is 9.47 Å². The first-order chi connectivity index (χ1) is 6.74. The highest BCUT2D eigenvalue weighted by molar-refractivity contribution is 6.32. The summed E-state index contributed by atoms with van der Waals surface area (Å²) in [6.07, 6.45) is 0.983. The minimum atomic E-state index is 0.120. The number of hydrogen-bond donors (Lipinski definition) is 0. The molecule has 0 heterocycles. The third-order valence-corrected chi connectivity index (χ3v) is 2.21. The molecule has 2 nitrogen and oxygen atoms in total. The van der Waals surface area contributed by atoms with Crippen molar-refractivity contribution in [2.75, 3.05) is 13.7 Å². The molecule has 0 aliphatic rings. The molecule has 0 radical (unpaired) electrons. The summed E-state index contributed by atoms with van der Waals surface area (Å²) in [5.74, 6) is 0.734. The average Bonchev–Trinajstić information content (AvgIpc) is 2.18. The summed E-state index contributed by atoms with van der Waals surface area (Å²) in [6, 6.07) is 7.48. The number of halogens is 1. The molecule has 0 aliphatic carbocycles. The van der Waals surface area contributed by atoms with Gasteiger partial charge in [-0.1, -0.05) is 23.7 Å². The fourth-order valence-electron chi connectivity index (χ4n) is 1.10. The Labute approximate surface area is 89.8 Å². The monoisotopic (exact) mass is 214 g/mol. The van der Waals surface area contributed by atoms with Crippen molar-refractivity contribution in [3.63, 3.8) is 0 Å². The number of rotatable bonds is 5. The predicted molar refractivity (Wildman–Crippen MR) is 58.0 cm³/mol. The summed E-state index contributed by atoms with van der Waals surface area (Å²) in [5, 5.41) is 0.650. The summed E-state index contributed by atoms with van der Waals surface area (Å²) in [7, 11) is 1.68. The van der Waals surface area contributed by atoms with Crippen molar-refractivity contribution in [3.05, 3.63) is 29.3 Å². The predicted octanol–water partition coefficient (Wildman–Crippen LogP) is 3.14. The van der Waals surface area contributed by atoms with Crippen LogP contribution in [0.3, 0.4) is 0 Å². The van der Waals surface area contributed by atoms with Crippen LogP contribution < -0.4 is 4.74 Å². The van der Waals surface area contributed by atoms with Gasteiger partial charge in [0.2, 0.25) is 0 Å². The molecule has 0 saturated carbocycles. The van der Waals surface area contributed by atoms with Gasteiger partial charge in [-0.15, -0.1) is 0 Å². The molecular weight excluding hydrogens is 200 g/mol. The smallest absolute Gasteiger partial charge is 0.138 e. The van der Waals surface area contributed by atoms with Crippen LogP contribution in [0.25, 0.3) is 0 Å². The van der Waals surface area contributed by atoms with E-state index in [0.717, 1.165) is 12.2 Å². The summed E-state index contributed by atoms with van der Waals surface area (Å²) in [5.41, 5.74) is 0. The van der Waals surface area contributed by atoms with E-state index in [-0.39, 0.29) is 6.10 Å². The molecule has 1 atom stereocenters. The maximum atomic E-state index is 5.95. The number of ether oxygens (including phenoxy) is 2. The number of hydrogen-bond acceptors (Lipinski definition) is 2. The lowest BCUT2D eigenvalue weighted by molar-refractivity contribution is 0.135. The number of methoxy groups -OCH3 is 1. The van der Waals surface area contributed by atoms with E-state index < -0.39 is 0 Å². The molecule has 1 unspecified atom stereocenters. The van der Waals surface area contributed by atoms with E-state index in [1.807, 2.05) is 31.2 Å². The first-order valence-electron chi connectivity index (χ1n) is 4.64. The minimum absolute atomic E-state index is 0.120. The van der Waals surface area contributed by atoms with Gasteiger partial charge in [0.1, 0.15) is 5.75 Å². The van der Waals surface area contributed by atoms with E-state index >= 15 is 0 Å². The maximum absolute atomic E-state index is 5.95. The van der Waals surface area contributed by atoms with Crippen LogP contribution >= 0.6 is 11.6 Å². The van der Waals surface area contributed by atoms with Crippen molar-refractivity contribution in [2.45, 2.75) is 19.4 Å². The molecule has 0 fully saturated rings. The van der Waals surface area contributed by atoms with Crippen LogP contribution in [-0.4, -0.2) is 19.8 Å². The molecule has 78 valence electrons. The van der Waals surface area contributed by atoms with E-state index in [9.17, 15) is 0 Å². The molecule has 0 spiro atoms. The standard InChI is InChI=1S/C11H15ClO2/c1-9(7-8-13-2)14-11-6-4-3-5-10(11)12/h3-6,9H,7-8H2,1-2H3. The van der Waals surface area contributed by atoms with Crippen LogP contribution in [0.2, 0.25) is 5.02 Å². The Balaban J connectivity index is 2.47. The SMILES string of the molecule is COCCC(C)Oc1ccccc1Cl. The van der Waals surface area contributed by atoms with Gasteiger partial charge in [-0.2, -0.15) is 0 Å². The molecule has 0 aliphatic heterocycles. The first-order valence-corrected chi connectivity index (χ1v) is 5.02. The topological polar surface area (TPSA) is 18.5 Å². The first kappa shape index (κ1) is 11.3. The van der Waals surface area contributed by atoms with Crippen LogP contribution in [0.15, 0.2) is 24.3 Å². The van der Waals surface area contributed by atoms with E-state index in [0.29, 0.717) is 11.6 Å². The Hall–Kier alpha value is -0.730. The summed E-state index contributed by atoms with van der Waals surface area (Å²) < 4.78 is 10.6. The molecule has 14 heavy (non-hydrogen) atoms. The van der Waals surface area contributed by atoms with Gasteiger partial charge in [-0.25, -0.2) is 0 Å². The normalized spacial score (nSPS) is 12.5. The molecule has 0 N–H and O–H groups in total. The van der Waals surface area contributed by atoms with Crippen LogP contribution in [0.1, 0.15) is 13.3 Å². The lowest BCUT2D eigenvalue weighted by Gasteiger charge is -2.14. The quantitative estimate of drug-likeness (QED) is 0.750. The van der Waals surface area contributed by atoms with Gasteiger partial charge in [0.05, 0.1) is 11.1 Å². The van der Waals surface area contributed by atoms with Crippen LogP contribution in [-0.2, 0) is 4.74 Å². The summed E-state index contributed by atoms with van der Waals surface area (Å²) in [4.78, 5) is 0. The second-order valence-corrected chi connectivity index (χ2v) is 3.55. The molecule has 0 amide bonds. The fourth-order valence-corrected chi connectivity index (χ4v) is 1.28. The van der Waals surface area contributed by atoms with Gasteiger partial charge in [0.25, 0.3) is 0 Å². The minimum Gasteiger partial charge on any atom is -0.489 e. The Morgan fingerprint density at radius 3 is 2.71 bits per heavy atom. The molecule has 1 aromatic carbocycles. The molecule has 1 rings (SSSR count). The molecule has 3 heteroatoms. The van der Waals surface area contributed by atoms with Crippen LogP contribution in [0, 0.1) is 0 Å². The molecule has 1 aromatic rings. The number of benzene rings is 1. The summed E-state index contributed by atoms with van der Waals surface area (Å²) in [6.45, 7) is 2.70. The van der Waals surface area contributed by atoms with Gasteiger partial charge >= 0.3 is 0 Å².